The molecule has 1 aromatic carbocycles. The van der Waals surface area contributed by atoms with Gasteiger partial charge < -0.3 is 8.83 Å². The van der Waals surface area contributed by atoms with Crippen molar-refractivity contribution in [3.63, 3.8) is 0 Å². The lowest BCUT2D eigenvalue weighted by Crippen LogP contribution is -1.70. The number of rotatable bonds is 0. The highest BCUT2D eigenvalue weighted by molar-refractivity contribution is 5.88. The van der Waals surface area contributed by atoms with Crippen LogP contribution >= 0.6 is 0 Å². The highest BCUT2D eigenvalue weighted by Gasteiger charge is 2.06. The first kappa shape index (κ1) is 6.65. The summed E-state index contributed by atoms with van der Waals surface area (Å²) in [6, 6.07) is 3.66. The smallest absolute Gasteiger partial charge is 0.192 e. The quantitative estimate of drug-likeness (QED) is 0.524. The fraction of sp³-hybridized carbons (Fsp3) is 0.111. The summed E-state index contributed by atoms with van der Waals surface area (Å²) in [5.41, 5.74) is 3.09. The van der Waals surface area contributed by atoms with Gasteiger partial charge in [0, 0.05) is 13.0 Å². The Morgan fingerprint density at radius 2 is 2.08 bits per heavy atom. The fourth-order valence-electron chi connectivity index (χ4n) is 1.39. The average Bonchev–Trinajstić information content (AvgIpc) is 2.63. The lowest BCUT2D eigenvalue weighted by Gasteiger charge is -1.84. The van der Waals surface area contributed by atoms with Gasteiger partial charge in [-0.05, 0) is 6.07 Å². The van der Waals surface area contributed by atoms with Gasteiger partial charge in [-0.3, -0.25) is 0 Å². The van der Waals surface area contributed by atoms with Gasteiger partial charge in [0.2, 0.25) is 0 Å². The summed E-state index contributed by atoms with van der Waals surface area (Å²) < 4.78 is 10.5. The van der Waals surface area contributed by atoms with Crippen LogP contribution in [0.5, 0.6) is 0 Å². The summed E-state index contributed by atoms with van der Waals surface area (Å²) >= 11 is 0. The Kier molecular flexibility index (Phi) is 1.07. The van der Waals surface area contributed by atoms with E-state index in [0.29, 0.717) is 5.89 Å². The number of hydrogen-bond acceptors (Lipinski definition) is 4. The third-order valence-electron chi connectivity index (χ3n) is 1.95. The SMILES string of the molecule is Cc1nc2cc3ncoc3cc2o1. The first-order chi connectivity index (χ1) is 6.33. The van der Waals surface area contributed by atoms with Gasteiger partial charge in [0.25, 0.3) is 0 Å². The number of hydrogen-bond donors (Lipinski definition) is 0. The van der Waals surface area contributed by atoms with E-state index < -0.39 is 0 Å². The summed E-state index contributed by atoms with van der Waals surface area (Å²) in [6.45, 7) is 1.81. The van der Waals surface area contributed by atoms with Crippen molar-refractivity contribution in [3.05, 3.63) is 24.4 Å². The van der Waals surface area contributed by atoms with E-state index in [1.165, 1.54) is 6.39 Å². The topological polar surface area (TPSA) is 52.1 Å². The van der Waals surface area contributed by atoms with Crippen molar-refractivity contribution in [3.8, 4) is 0 Å². The Bertz CT molecular complexity index is 531. The van der Waals surface area contributed by atoms with Gasteiger partial charge in [-0.1, -0.05) is 0 Å². The maximum absolute atomic E-state index is 5.35. The Balaban J connectivity index is 2.54. The summed E-state index contributed by atoms with van der Waals surface area (Å²) in [5.74, 6) is 0.655. The monoisotopic (exact) mass is 174 g/mol. The molecule has 0 aliphatic heterocycles. The number of aromatic nitrogens is 2. The van der Waals surface area contributed by atoms with Gasteiger partial charge in [0.05, 0.1) is 0 Å². The molecule has 0 N–H and O–H groups in total. The minimum absolute atomic E-state index is 0.655. The van der Waals surface area contributed by atoms with Crippen molar-refractivity contribution in [1.29, 1.82) is 0 Å². The van der Waals surface area contributed by atoms with Gasteiger partial charge in [0.1, 0.15) is 11.0 Å². The first-order valence-corrected chi connectivity index (χ1v) is 3.93. The molecule has 0 atom stereocenters. The molecule has 0 radical (unpaired) electrons. The molecule has 64 valence electrons. The zero-order chi connectivity index (χ0) is 8.84. The number of oxazole rings is 2. The Hall–Kier alpha value is -1.84. The standard InChI is InChI=1S/C9H6N2O2/c1-5-11-7-2-6-8(12-4-10-6)3-9(7)13-5/h2-4H,1H3. The van der Waals surface area contributed by atoms with Crippen LogP contribution in [0.15, 0.2) is 27.4 Å². The second-order valence-electron chi connectivity index (χ2n) is 2.87. The molecule has 2 aromatic heterocycles. The third kappa shape index (κ3) is 0.853. The van der Waals surface area contributed by atoms with Crippen LogP contribution < -0.4 is 0 Å². The average molecular weight is 174 g/mol. The molecule has 4 nitrogen and oxygen atoms in total. The summed E-state index contributed by atoms with van der Waals surface area (Å²) in [4.78, 5) is 8.22. The van der Waals surface area contributed by atoms with Crippen LogP contribution in [0, 0.1) is 6.92 Å². The van der Waals surface area contributed by atoms with Crippen molar-refractivity contribution < 1.29 is 8.83 Å². The zero-order valence-corrected chi connectivity index (χ0v) is 6.94. The molecule has 0 saturated carbocycles. The van der Waals surface area contributed by atoms with E-state index in [-0.39, 0.29) is 0 Å². The second-order valence-corrected chi connectivity index (χ2v) is 2.87. The Morgan fingerprint density at radius 3 is 3.00 bits per heavy atom. The molecule has 0 spiro atoms. The van der Waals surface area contributed by atoms with Crippen molar-refractivity contribution in [2.45, 2.75) is 6.92 Å². The number of benzene rings is 1. The zero-order valence-electron chi connectivity index (χ0n) is 6.94. The lowest BCUT2D eigenvalue weighted by molar-refractivity contribution is 0.559. The summed E-state index contributed by atoms with van der Waals surface area (Å²) in [7, 11) is 0. The van der Waals surface area contributed by atoms with Crippen LogP contribution in [-0.2, 0) is 0 Å². The van der Waals surface area contributed by atoms with E-state index in [4.69, 9.17) is 8.83 Å². The van der Waals surface area contributed by atoms with Gasteiger partial charge in [0.15, 0.2) is 23.5 Å². The van der Waals surface area contributed by atoms with Crippen LogP contribution in [0.4, 0.5) is 0 Å². The fourth-order valence-corrected chi connectivity index (χ4v) is 1.39. The summed E-state index contributed by atoms with van der Waals surface area (Å²) in [5, 5.41) is 0. The molecule has 2 heterocycles. The minimum Gasteiger partial charge on any atom is -0.443 e. The molecule has 0 fully saturated rings. The van der Waals surface area contributed by atoms with Crippen LogP contribution in [0.25, 0.3) is 22.2 Å². The first-order valence-electron chi connectivity index (χ1n) is 3.93. The molecular formula is C9H6N2O2. The highest BCUT2D eigenvalue weighted by Crippen LogP contribution is 2.21. The molecule has 0 aliphatic carbocycles. The van der Waals surface area contributed by atoms with Crippen LogP contribution in [0.1, 0.15) is 5.89 Å². The highest BCUT2D eigenvalue weighted by atomic mass is 16.4. The van der Waals surface area contributed by atoms with Crippen LogP contribution in [0.3, 0.4) is 0 Å². The number of aryl methyl sites for hydroxylation is 1. The third-order valence-corrected chi connectivity index (χ3v) is 1.95. The van der Waals surface area contributed by atoms with E-state index in [1.54, 1.807) is 6.07 Å². The van der Waals surface area contributed by atoms with Gasteiger partial charge in [-0.25, -0.2) is 9.97 Å². The molecule has 4 heteroatoms. The van der Waals surface area contributed by atoms with Gasteiger partial charge >= 0.3 is 0 Å². The normalized spacial score (nSPS) is 11.5. The van der Waals surface area contributed by atoms with Gasteiger partial charge in [-0.15, -0.1) is 0 Å². The largest absolute Gasteiger partial charge is 0.443 e. The second kappa shape index (κ2) is 2.10. The molecular weight excluding hydrogens is 168 g/mol. The molecule has 3 rings (SSSR count). The molecule has 0 saturated heterocycles. The molecule has 3 aromatic rings. The molecule has 13 heavy (non-hydrogen) atoms. The molecule has 0 amide bonds. The number of fused-ring (bicyclic) bond motifs is 2. The lowest BCUT2D eigenvalue weighted by atomic mass is 10.3. The predicted octanol–water partition coefficient (Wildman–Crippen LogP) is 2.28. The van der Waals surface area contributed by atoms with Crippen molar-refractivity contribution in [2.75, 3.05) is 0 Å². The predicted molar refractivity (Wildman–Crippen MR) is 46.3 cm³/mol. The van der Waals surface area contributed by atoms with Crippen molar-refractivity contribution in [1.82, 2.24) is 9.97 Å². The molecule has 0 unspecified atom stereocenters. The molecule has 0 aliphatic rings. The van der Waals surface area contributed by atoms with Crippen LogP contribution in [-0.4, -0.2) is 9.97 Å². The van der Waals surface area contributed by atoms with E-state index in [2.05, 4.69) is 9.97 Å². The minimum atomic E-state index is 0.655. The molecule has 0 bridgehead atoms. The van der Waals surface area contributed by atoms with E-state index in [0.717, 1.165) is 22.2 Å². The van der Waals surface area contributed by atoms with E-state index in [9.17, 15) is 0 Å². The van der Waals surface area contributed by atoms with Gasteiger partial charge in [-0.2, -0.15) is 0 Å². The van der Waals surface area contributed by atoms with E-state index >= 15 is 0 Å². The maximum Gasteiger partial charge on any atom is 0.192 e. The maximum atomic E-state index is 5.35. The van der Waals surface area contributed by atoms with Crippen molar-refractivity contribution >= 4 is 22.2 Å². The Labute approximate surface area is 73.2 Å². The van der Waals surface area contributed by atoms with E-state index in [1.807, 2.05) is 13.0 Å². The number of nitrogens with zero attached hydrogens (tertiary/aromatic N) is 2. The van der Waals surface area contributed by atoms with Crippen LogP contribution in [0.2, 0.25) is 0 Å². The van der Waals surface area contributed by atoms with Crippen molar-refractivity contribution in [2.24, 2.45) is 0 Å². The summed E-state index contributed by atoms with van der Waals surface area (Å²) in [6.07, 6.45) is 1.41. The Morgan fingerprint density at radius 1 is 1.15 bits per heavy atom.